The van der Waals surface area contributed by atoms with Crippen molar-refractivity contribution in [2.75, 3.05) is 5.75 Å². The van der Waals surface area contributed by atoms with Crippen LogP contribution in [0, 0.1) is 12.8 Å². The first-order chi connectivity index (χ1) is 12.3. The van der Waals surface area contributed by atoms with E-state index in [-0.39, 0.29) is 24.2 Å². The van der Waals surface area contributed by atoms with E-state index < -0.39 is 5.91 Å². The second-order valence-corrected chi connectivity index (χ2v) is 7.56. The summed E-state index contributed by atoms with van der Waals surface area (Å²) in [6.07, 6.45) is 0. The molecule has 1 aromatic carbocycles. The van der Waals surface area contributed by atoms with Crippen LogP contribution in [-0.2, 0) is 16.1 Å². The molecule has 0 unspecified atom stereocenters. The maximum absolute atomic E-state index is 12.1. The number of nitrogens with zero attached hydrogens (tertiary/aromatic N) is 3. The Hall–Kier alpha value is -2.35. The highest BCUT2D eigenvalue weighted by Gasteiger charge is 2.18. The average Bonchev–Trinajstić information content (AvgIpc) is 2.94. The van der Waals surface area contributed by atoms with Crippen LogP contribution in [0.2, 0.25) is 0 Å². The number of carbonyl (C=O) groups excluding carboxylic acids is 2. The Morgan fingerprint density at radius 3 is 2.62 bits per heavy atom. The van der Waals surface area contributed by atoms with Crippen molar-refractivity contribution in [3.63, 3.8) is 0 Å². The lowest BCUT2D eigenvalue weighted by molar-refractivity contribution is -0.119. The molecule has 0 bridgehead atoms. The maximum atomic E-state index is 12.1. The summed E-state index contributed by atoms with van der Waals surface area (Å²) in [6, 6.07) is 7.86. The fourth-order valence-electron chi connectivity index (χ4n) is 2.28. The monoisotopic (exact) mass is 375 g/mol. The molecule has 3 N–H and O–H groups in total. The molecule has 7 nitrogen and oxygen atoms in total. The Balaban J connectivity index is 2.18. The Labute approximate surface area is 157 Å². The highest BCUT2D eigenvalue weighted by molar-refractivity contribution is 7.99. The molecule has 0 aliphatic heterocycles. The first-order valence-corrected chi connectivity index (χ1v) is 9.47. The van der Waals surface area contributed by atoms with Gasteiger partial charge in [-0.3, -0.25) is 14.2 Å². The van der Waals surface area contributed by atoms with Crippen LogP contribution in [0.5, 0.6) is 0 Å². The average molecular weight is 375 g/mol. The third-order valence-electron chi connectivity index (χ3n) is 4.03. The molecule has 0 aliphatic carbocycles. The Kier molecular flexibility index (Phi) is 6.79. The predicted molar refractivity (Wildman–Crippen MR) is 103 cm³/mol. The molecule has 0 fully saturated rings. The van der Waals surface area contributed by atoms with Gasteiger partial charge in [-0.25, -0.2) is 0 Å². The number of nitrogens with two attached hydrogens (primary N) is 1. The quantitative estimate of drug-likeness (QED) is 0.687. The van der Waals surface area contributed by atoms with E-state index in [1.807, 2.05) is 38.1 Å². The molecule has 8 heteroatoms. The van der Waals surface area contributed by atoms with Gasteiger partial charge in [0.25, 0.3) is 0 Å². The van der Waals surface area contributed by atoms with Gasteiger partial charge in [-0.1, -0.05) is 49.4 Å². The molecule has 2 rings (SSSR count). The standard InChI is InChI=1S/C18H25N5O2S/c1-11(2)13(4)20-16(25)10-26-18-22-21-17(23(18)9-15(19)24)14-7-5-6-12(3)8-14/h5-8,11,13H,9-10H2,1-4H3,(H2,19,24)(H,20,25)/t13-/m0/s1. The zero-order valence-electron chi connectivity index (χ0n) is 15.5. The number of rotatable bonds is 8. The van der Waals surface area contributed by atoms with E-state index in [1.165, 1.54) is 11.8 Å². The molecule has 2 amide bonds. The number of primary amides is 1. The summed E-state index contributed by atoms with van der Waals surface area (Å²) in [5.74, 6) is 0.545. The van der Waals surface area contributed by atoms with Crippen LogP contribution in [0.15, 0.2) is 29.4 Å². The van der Waals surface area contributed by atoms with Crippen LogP contribution >= 0.6 is 11.8 Å². The van der Waals surface area contributed by atoms with Crippen molar-refractivity contribution in [1.29, 1.82) is 0 Å². The fraction of sp³-hybridized carbons (Fsp3) is 0.444. The second-order valence-electron chi connectivity index (χ2n) is 6.62. The van der Waals surface area contributed by atoms with Gasteiger partial charge >= 0.3 is 0 Å². The molecule has 26 heavy (non-hydrogen) atoms. The highest BCUT2D eigenvalue weighted by Crippen LogP contribution is 2.24. The lowest BCUT2D eigenvalue weighted by Crippen LogP contribution is -2.37. The van der Waals surface area contributed by atoms with Crippen LogP contribution in [0.4, 0.5) is 0 Å². The second kappa shape index (κ2) is 8.84. The lowest BCUT2D eigenvalue weighted by atomic mass is 10.1. The van der Waals surface area contributed by atoms with Crippen LogP contribution in [0.1, 0.15) is 26.3 Å². The Bertz CT molecular complexity index is 788. The van der Waals surface area contributed by atoms with Crippen LogP contribution in [0.25, 0.3) is 11.4 Å². The highest BCUT2D eigenvalue weighted by atomic mass is 32.2. The van der Waals surface area contributed by atoms with Gasteiger partial charge in [-0.2, -0.15) is 0 Å². The summed E-state index contributed by atoms with van der Waals surface area (Å²) in [4.78, 5) is 23.6. The number of amides is 2. The number of hydrogen-bond acceptors (Lipinski definition) is 5. The van der Waals surface area contributed by atoms with Gasteiger partial charge in [-0.15, -0.1) is 10.2 Å². The third-order valence-corrected chi connectivity index (χ3v) is 4.99. The number of hydrogen-bond donors (Lipinski definition) is 2. The molecule has 1 heterocycles. The summed E-state index contributed by atoms with van der Waals surface area (Å²) in [5.41, 5.74) is 7.31. The molecular formula is C18H25N5O2S. The number of benzene rings is 1. The summed E-state index contributed by atoms with van der Waals surface area (Å²) < 4.78 is 1.65. The zero-order chi connectivity index (χ0) is 19.3. The molecule has 2 aromatic rings. The smallest absolute Gasteiger partial charge is 0.237 e. The molecule has 0 aliphatic rings. The van der Waals surface area contributed by atoms with Crippen molar-refractivity contribution < 1.29 is 9.59 Å². The van der Waals surface area contributed by atoms with E-state index in [9.17, 15) is 9.59 Å². The van der Waals surface area contributed by atoms with Crippen LogP contribution in [0.3, 0.4) is 0 Å². The number of aromatic nitrogens is 3. The summed E-state index contributed by atoms with van der Waals surface area (Å²) >= 11 is 1.24. The maximum Gasteiger partial charge on any atom is 0.237 e. The van der Waals surface area contributed by atoms with Crippen molar-refractivity contribution in [2.24, 2.45) is 11.7 Å². The first-order valence-electron chi connectivity index (χ1n) is 8.48. The minimum atomic E-state index is -0.488. The van der Waals surface area contributed by atoms with Crippen molar-refractivity contribution in [1.82, 2.24) is 20.1 Å². The molecule has 140 valence electrons. The molecule has 0 saturated carbocycles. The van der Waals surface area contributed by atoms with Crippen molar-refractivity contribution in [3.05, 3.63) is 29.8 Å². The van der Waals surface area contributed by atoms with Crippen LogP contribution in [-0.4, -0.2) is 38.4 Å². The summed E-state index contributed by atoms with van der Waals surface area (Å²) in [7, 11) is 0. The van der Waals surface area contributed by atoms with E-state index in [0.29, 0.717) is 16.9 Å². The third kappa shape index (κ3) is 5.32. The lowest BCUT2D eigenvalue weighted by Gasteiger charge is -2.17. The summed E-state index contributed by atoms with van der Waals surface area (Å²) in [5, 5.41) is 11.8. The summed E-state index contributed by atoms with van der Waals surface area (Å²) in [6.45, 7) is 8.01. The van der Waals surface area contributed by atoms with Gasteiger partial charge in [0.15, 0.2) is 11.0 Å². The van der Waals surface area contributed by atoms with Gasteiger partial charge in [0, 0.05) is 11.6 Å². The van der Waals surface area contributed by atoms with Crippen molar-refractivity contribution in [3.8, 4) is 11.4 Å². The predicted octanol–water partition coefficient (Wildman–Crippen LogP) is 1.99. The Morgan fingerprint density at radius 1 is 1.27 bits per heavy atom. The minimum absolute atomic E-state index is 0.0391. The number of carbonyl (C=O) groups is 2. The number of aryl methyl sites for hydroxylation is 1. The Morgan fingerprint density at radius 2 is 2.00 bits per heavy atom. The molecule has 0 saturated heterocycles. The zero-order valence-corrected chi connectivity index (χ0v) is 16.3. The van der Waals surface area contributed by atoms with E-state index in [1.54, 1.807) is 4.57 Å². The molecule has 1 aromatic heterocycles. The molecule has 1 atom stereocenters. The SMILES string of the molecule is Cc1cccc(-c2nnc(SCC(=O)N[C@@H](C)C(C)C)n2CC(N)=O)c1. The topological polar surface area (TPSA) is 103 Å². The fourth-order valence-corrected chi connectivity index (χ4v) is 3.03. The molecule has 0 spiro atoms. The molecular weight excluding hydrogens is 350 g/mol. The van der Waals surface area contributed by atoms with E-state index in [2.05, 4.69) is 29.4 Å². The van der Waals surface area contributed by atoms with Crippen molar-refractivity contribution >= 4 is 23.6 Å². The normalized spacial score (nSPS) is 12.2. The van der Waals surface area contributed by atoms with Crippen LogP contribution < -0.4 is 11.1 Å². The van der Waals surface area contributed by atoms with E-state index in [0.717, 1.165) is 11.1 Å². The number of thioether (sulfide) groups is 1. The van der Waals surface area contributed by atoms with Gasteiger partial charge < -0.3 is 11.1 Å². The van der Waals surface area contributed by atoms with Gasteiger partial charge in [-0.05, 0) is 25.8 Å². The van der Waals surface area contributed by atoms with Crippen molar-refractivity contribution in [2.45, 2.75) is 45.4 Å². The van der Waals surface area contributed by atoms with Gasteiger partial charge in [0.2, 0.25) is 11.8 Å². The number of nitrogens with one attached hydrogen (secondary N) is 1. The van der Waals surface area contributed by atoms with E-state index in [4.69, 9.17) is 5.73 Å². The first kappa shape index (κ1) is 20.0. The minimum Gasteiger partial charge on any atom is -0.368 e. The largest absolute Gasteiger partial charge is 0.368 e. The molecule has 0 radical (unpaired) electrons. The van der Waals surface area contributed by atoms with Gasteiger partial charge in [0.1, 0.15) is 6.54 Å². The van der Waals surface area contributed by atoms with E-state index >= 15 is 0 Å². The van der Waals surface area contributed by atoms with Gasteiger partial charge in [0.05, 0.1) is 5.75 Å².